The van der Waals surface area contributed by atoms with E-state index in [0.29, 0.717) is 17.8 Å². The van der Waals surface area contributed by atoms with Gasteiger partial charge in [-0.3, -0.25) is 0 Å². The average Bonchev–Trinajstić information content (AvgIpc) is 2.81. The molecular formula is C9H11N5O. The topological polar surface area (TPSA) is 75.7 Å². The smallest absolute Gasteiger partial charge is 0.321 e. The molecule has 0 aliphatic rings. The highest BCUT2D eigenvalue weighted by Gasteiger charge is 2.07. The minimum Gasteiger partial charge on any atom is -0.467 e. The van der Waals surface area contributed by atoms with E-state index in [1.165, 1.54) is 7.11 Å². The van der Waals surface area contributed by atoms with E-state index in [1.54, 1.807) is 7.05 Å². The summed E-state index contributed by atoms with van der Waals surface area (Å²) < 4.78 is 4.98. The predicted octanol–water partition coefficient (Wildman–Crippen LogP) is 0.917. The number of aromatic amines is 1. The summed E-state index contributed by atoms with van der Waals surface area (Å²) in [5.41, 5.74) is 0.826. The Morgan fingerprint density at radius 2 is 2.20 bits per heavy atom. The minimum absolute atomic E-state index is 0.291. The number of nitrogens with one attached hydrogen (secondary N) is 2. The van der Waals surface area contributed by atoms with Crippen molar-refractivity contribution in [2.75, 3.05) is 19.5 Å². The number of rotatable bonds is 3. The second kappa shape index (κ2) is 3.95. The fraction of sp³-hybridized carbons (Fsp3) is 0.222. The summed E-state index contributed by atoms with van der Waals surface area (Å²) in [6, 6.07) is 4.05. The van der Waals surface area contributed by atoms with Crippen molar-refractivity contribution in [2.24, 2.45) is 0 Å². The van der Waals surface area contributed by atoms with E-state index >= 15 is 0 Å². The summed E-state index contributed by atoms with van der Waals surface area (Å²) in [6.45, 7) is 0. The van der Waals surface area contributed by atoms with Crippen molar-refractivity contribution in [3.05, 3.63) is 18.3 Å². The van der Waals surface area contributed by atoms with Crippen molar-refractivity contribution in [1.82, 2.24) is 19.9 Å². The second-order valence-corrected chi connectivity index (χ2v) is 2.80. The zero-order chi connectivity index (χ0) is 10.7. The predicted molar refractivity (Wildman–Crippen MR) is 55.7 cm³/mol. The molecule has 2 aromatic heterocycles. The zero-order valence-electron chi connectivity index (χ0n) is 8.48. The van der Waals surface area contributed by atoms with Crippen molar-refractivity contribution in [1.29, 1.82) is 0 Å². The van der Waals surface area contributed by atoms with Gasteiger partial charge in [-0.15, -0.1) is 0 Å². The molecule has 0 aromatic carbocycles. The number of methoxy groups -OCH3 is 1. The van der Waals surface area contributed by atoms with Crippen LogP contribution in [0.3, 0.4) is 0 Å². The molecule has 15 heavy (non-hydrogen) atoms. The van der Waals surface area contributed by atoms with Crippen LogP contribution >= 0.6 is 0 Å². The van der Waals surface area contributed by atoms with Gasteiger partial charge < -0.3 is 15.0 Å². The third-order valence-corrected chi connectivity index (χ3v) is 1.86. The van der Waals surface area contributed by atoms with Crippen molar-refractivity contribution in [3.63, 3.8) is 0 Å². The van der Waals surface area contributed by atoms with Crippen LogP contribution in [0.5, 0.6) is 6.01 Å². The summed E-state index contributed by atoms with van der Waals surface area (Å²) in [7, 11) is 3.26. The molecule has 0 fully saturated rings. The first-order valence-corrected chi connectivity index (χ1v) is 4.45. The van der Waals surface area contributed by atoms with Gasteiger partial charge in [-0.2, -0.15) is 15.0 Å². The summed E-state index contributed by atoms with van der Waals surface area (Å²) in [6.07, 6.45) is 1.81. The van der Waals surface area contributed by atoms with Gasteiger partial charge in [0.25, 0.3) is 0 Å². The molecule has 0 atom stereocenters. The molecule has 0 bridgehead atoms. The molecule has 0 saturated heterocycles. The molecular weight excluding hydrogens is 194 g/mol. The Morgan fingerprint density at radius 3 is 2.80 bits per heavy atom. The van der Waals surface area contributed by atoms with E-state index in [0.717, 1.165) is 5.69 Å². The van der Waals surface area contributed by atoms with Gasteiger partial charge in [0.2, 0.25) is 5.95 Å². The fourth-order valence-electron chi connectivity index (χ4n) is 1.15. The van der Waals surface area contributed by atoms with E-state index in [2.05, 4.69) is 25.3 Å². The fourth-order valence-corrected chi connectivity index (χ4v) is 1.15. The van der Waals surface area contributed by atoms with E-state index < -0.39 is 0 Å². The minimum atomic E-state index is 0.291. The van der Waals surface area contributed by atoms with Crippen LogP contribution in [-0.2, 0) is 0 Å². The Kier molecular flexibility index (Phi) is 2.49. The Balaban J connectivity index is 2.47. The molecule has 6 heteroatoms. The molecule has 0 aliphatic carbocycles. The van der Waals surface area contributed by atoms with Gasteiger partial charge in [-0.1, -0.05) is 0 Å². The van der Waals surface area contributed by atoms with Gasteiger partial charge in [-0.05, 0) is 12.1 Å². The average molecular weight is 205 g/mol. The number of nitrogens with zero attached hydrogens (tertiary/aromatic N) is 3. The molecule has 6 nitrogen and oxygen atoms in total. The summed E-state index contributed by atoms with van der Waals surface area (Å²) >= 11 is 0. The normalized spacial score (nSPS) is 10.0. The first kappa shape index (κ1) is 9.45. The van der Waals surface area contributed by atoms with Crippen LogP contribution in [0, 0.1) is 0 Å². The molecule has 2 aromatic rings. The largest absolute Gasteiger partial charge is 0.467 e. The molecule has 2 heterocycles. The number of ether oxygens (including phenoxy) is 1. The highest BCUT2D eigenvalue weighted by molar-refractivity contribution is 5.51. The lowest BCUT2D eigenvalue weighted by molar-refractivity contribution is 0.379. The highest BCUT2D eigenvalue weighted by Crippen LogP contribution is 2.15. The SMILES string of the molecule is CNc1nc(OC)nc(-c2ccc[nH]2)n1. The first-order chi connectivity index (χ1) is 7.33. The van der Waals surface area contributed by atoms with Crippen LogP contribution < -0.4 is 10.1 Å². The quantitative estimate of drug-likeness (QED) is 0.779. The second-order valence-electron chi connectivity index (χ2n) is 2.80. The van der Waals surface area contributed by atoms with Crippen LogP contribution in [-0.4, -0.2) is 34.1 Å². The summed E-state index contributed by atoms with van der Waals surface area (Å²) in [4.78, 5) is 15.4. The van der Waals surface area contributed by atoms with Gasteiger partial charge in [-0.25, -0.2) is 0 Å². The van der Waals surface area contributed by atoms with Crippen molar-refractivity contribution in [3.8, 4) is 17.5 Å². The Morgan fingerprint density at radius 1 is 1.33 bits per heavy atom. The van der Waals surface area contributed by atoms with E-state index in [4.69, 9.17) is 4.74 Å². The monoisotopic (exact) mass is 205 g/mol. The summed E-state index contributed by atoms with van der Waals surface area (Å²) in [5, 5.41) is 2.85. The molecule has 0 radical (unpaired) electrons. The Bertz CT molecular complexity index is 418. The lowest BCUT2D eigenvalue weighted by Gasteiger charge is -2.03. The molecule has 0 aliphatic heterocycles. The molecule has 2 N–H and O–H groups in total. The number of anilines is 1. The van der Waals surface area contributed by atoms with Crippen LogP contribution in [0.4, 0.5) is 5.95 Å². The molecule has 0 spiro atoms. The number of hydrogen-bond acceptors (Lipinski definition) is 5. The first-order valence-electron chi connectivity index (χ1n) is 4.45. The Hall–Kier alpha value is -2.11. The van der Waals surface area contributed by atoms with Crippen molar-refractivity contribution in [2.45, 2.75) is 0 Å². The van der Waals surface area contributed by atoms with Crippen LogP contribution in [0.25, 0.3) is 11.5 Å². The molecule has 0 unspecified atom stereocenters. The maximum absolute atomic E-state index is 4.98. The Labute approximate surface area is 86.7 Å². The van der Waals surface area contributed by atoms with Gasteiger partial charge in [0.1, 0.15) is 0 Å². The van der Waals surface area contributed by atoms with Gasteiger partial charge in [0.05, 0.1) is 12.8 Å². The van der Waals surface area contributed by atoms with Crippen LogP contribution in [0.1, 0.15) is 0 Å². The lowest BCUT2D eigenvalue weighted by Crippen LogP contribution is -2.03. The summed E-state index contributed by atoms with van der Waals surface area (Å²) in [5.74, 6) is 1.03. The maximum Gasteiger partial charge on any atom is 0.321 e. The van der Waals surface area contributed by atoms with Crippen molar-refractivity contribution < 1.29 is 4.74 Å². The molecule has 78 valence electrons. The van der Waals surface area contributed by atoms with E-state index in [9.17, 15) is 0 Å². The zero-order valence-corrected chi connectivity index (χ0v) is 8.48. The van der Waals surface area contributed by atoms with Crippen LogP contribution in [0.2, 0.25) is 0 Å². The standard InChI is InChI=1S/C9H11N5O/c1-10-8-12-7(6-4-3-5-11-6)13-9(14-8)15-2/h3-5,11H,1-2H3,(H,10,12,13,14). The van der Waals surface area contributed by atoms with Gasteiger partial charge in [0.15, 0.2) is 5.82 Å². The maximum atomic E-state index is 4.98. The van der Waals surface area contributed by atoms with E-state index in [-0.39, 0.29) is 0 Å². The highest BCUT2D eigenvalue weighted by atomic mass is 16.5. The number of hydrogen-bond donors (Lipinski definition) is 2. The van der Waals surface area contributed by atoms with Gasteiger partial charge in [0, 0.05) is 13.2 Å². The molecule has 2 rings (SSSR count). The molecule has 0 saturated carbocycles. The lowest BCUT2D eigenvalue weighted by atomic mass is 10.4. The number of H-pyrrole nitrogens is 1. The number of aromatic nitrogens is 4. The van der Waals surface area contributed by atoms with E-state index in [1.807, 2.05) is 18.3 Å². The third-order valence-electron chi connectivity index (χ3n) is 1.86. The third kappa shape index (κ3) is 1.88. The van der Waals surface area contributed by atoms with Crippen molar-refractivity contribution >= 4 is 5.95 Å². The van der Waals surface area contributed by atoms with Crippen LogP contribution in [0.15, 0.2) is 18.3 Å². The van der Waals surface area contributed by atoms with Gasteiger partial charge >= 0.3 is 6.01 Å². The molecule has 0 amide bonds.